The fourth-order valence-electron chi connectivity index (χ4n) is 3.06. The Morgan fingerprint density at radius 2 is 2.18 bits per heavy atom. The molecule has 2 heterocycles. The highest BCUT2D eigenvalue weighted by Gasteiger charge is 2.24. The molecule has 2 aromatic heterocycles. The number of nitrogens with zero attached hydrogens (tertiary/aromatic N) is 3. The van der Waals surface area contributed by atoms with Crippen molar-refractivity contribution in [2.24, 2.45) is 0 Å². The molecule has 1 N–H and O–H groups in total. The fourth-order valence-corrected chi connectivity index (χ4v) is 3.98. The van der Waals surface area contributed by atoms with Gasteiger partial charge in [-0.25, -0.2) is 4.98 Å². The third kappa shape index (κ3) is 3.10. The van der Waals surface area contributed by atoms with Gasteiger partial charge in [0.15, 0.2) is 0 Å². The summed E-state index contributed by atoms with van der Waals surface area (Å²) >= 11 is 1.82. The zero-order chi connectivity index (χ0) is 15.7. The molecule has 120 valence electrons. The first-order valence-corrected chi connectivity index (χ1v) is 9.04. The van der Waals surface area contributed by atoms with Gasteiger partial charge in [-0.05, 0) is 26.2 Å². The smallest absolute Gasteiger partial charge is 0.0981 e. The average molecular weight is 318 g/mol. The van der Waals surface area contributed by atoms with E-state index in [1.807, 2.05) is 17.5 Å². The van der Waals surface area contributed by atoms with Crippen molar-refractivity contribution in [3.8, 4) is 0 Å². The van der Waals surface area contributed by atoms with E-state index in [2.05, 4.69) is 54.0 Å². The Labute approximate surface area is 137 Å². The highest BCUT2D eigenvalue weighted by Crippen LogP contribution is 2.31. The Kier molecular flexibility index (Phi) is 4.37. The first kappa shape index (κ1) is 15.7. The highest BCUT2D eigenvalue weighted by molar-refractivity contribution is 7.11. The van der Waals surface area contributed by atoms with Crippen molar-refractivity contribution in [2.45, 2.75) is 71.5 Å². The van der Waals surface area contributed by atoms with Gasteiger partial charge < -0.3 is 5.32 Å². The van der Waals surface area contributed by atoms with Gasteiger partial charge in [-0.2, -0.15) is 5.10 Å². The van der Waals surface area contributed by atoms with E-state index < -0.39 is 0 Å². The molecular formula is C17H26N4S. The number of rotatable bonds is 4. The summed E-state index contributed by atoms with van der Waals surface area (Å²) in [5.74, 6) is 0. The van der Waals surface area contributed by atoms with E-state index in [-0.39, 0.29) is 5.41 Å². The summed E-state index contributed by atoms with van der Waals surface area (Å²) in [6.45, 7) is 10.7. The van der Waals surface area contributed by atoms with E-state index in [1.165, 1.54) is 34.0 Å². The van der Waals surface area contributed by atoms with Crippen molar-refractivity contribution in [3.63, 3.8) is 0 Å². The zero-order valence-electron chi connectivity index (χ0n) is 14.0. The molecular weight excluding hydrogens is 292 g/mol. The van der Waals surface area contributed by atoms with E-state index in [1.54, 1.807) is 0 Å². The normalized spacial score (nSPS) is 18.5. The highest BCUT2D eigenvalue weighted by atomic mass is 32.1. The summed E-state index contributed by atoms with van der Waals surface area (Å²) in [5.41, 5.74) is 2.96. The van der Waals surface area contributed by atoms with Crippen molar-refractivity contribution in [1.29, 1.82) is 0 Å². The summed E-state index contributed by atoms with van der Waals surface area (Å²) in [6, 6.07) is 0.434. The first-order valence-electron chi connectivity index (χ1n) is 8.22. The van der Waals surface area contributed by atoms with Crippen LogP contribution in [0.15, 0.2) is 12.4 Å². The van der Waals surface area contributed by atoms with Gasteiger partial charge in [-0.3, -0.25) is 4.68 Å². The van der Waals surface area contributed by atoms with Crippen LogP contribution in [0.25, 0.3) is 0 Å². The molecule has 1 aliphatic rings. The van der Waals surface area contributed by atoms with Crippen LogP contribution in [0.2, 0.25) is 0 Å². The molecule has 0 radical (unpaired) electrons. The molecule has 2 aromatic rings. The predicted octanol–water partition coefficient (Wildman–Crippen LogP) is 3.82. The molecule has 1 aliphatic carbocycles. The molecule has 0 fully saturated rings. The summed E-state index contributed by atoms with van der Waals surface area (Å²) < 4.78 is 2.15. The molecule has 1 atom stereocenters. The second kappa shape index (κ2) is 6.13. The number of thiazole rings is 1. The Morgan fingerprint density at radius 3 is 2.86 bits per heavy atom. The van der Waals surface area contributed by atoms with Crippen LogP contribution >= 0.6 is 11.3 Å². The third-order valence-electron chi connectivity index (χ3n) is 4.28. The summed E-state index contributed by atoms with van der Waals surface area (Å²) in [4.78, 5) is 5.89. The SMILES string of the molecule is CCn1ncc2c1CCC[C@H]2NCc1cnc(C(C)(C)C)s1. The molecule has 5 heteroatoms. The second-order valence-electron chi connectivity index (χ2n) is 7.07. The number of hydrogen-bond donors (Lipinski definition) is 1. The topological polar surface area (TPSA) is 42.7 Å². The van der Waals surface area contributed by atoms with Crippen molar-refractivity contribution in [3.05, 3.63) is 33.5 Å². The van der Waals surface area contributed by atoms with Gasteiger partial charge in [0.1, 0.15) is 0 Å². The summed E-state index contributed by atoms with van der Waals surface area (Å²) in [6.07, 6.45) is 7.69. The van der Waals surface area contributed by atoms with Crippen molar-refractivity contribution in [1.82, 2.24) is 20.1 Å². The lowest BCUT2D eigenvalue weighted by Gasteiger charge is -2.24. The van der Waals surface area contributed by atoms with E-state index in [0.717, 1.165) is 19.5 Å². The minimum atomic E-state index is 0.142. The van der Waals surface area contributed by atoms with E-state index in [4.69, 9.17) is 0 Å². The molecule has 0 bridgehead atoms. The monoisotopic (exact) mass is 318 g/mol. The molecule has 0 spiro atoms. The molecule has 0 aromatic carbocycles. The predicted molar refractivity (Wildman–Crippen MR) is 91.2 cm³/mol. The van der Waals surface area contributed by atoms with Crippen LogP contribution in [0.3, 0.4) is 0 Å². The fraction of sp³-hybridized carbons (Fsp3) is 0.647. The van der Waals surface area contributed by atoms with Crippen LogP contribution in [0.1, 0.15) is 67.7 Å². The maximum Gasteiger partial charge on any atom is 0.0981 e. The molecule has 0 unspecified atom stereocenters. The number of aromatic nitrogens is 3. The lowest BCUT2D eigenvalue weighted by atomic mass is 9.93. The van der Waals surface area contributed by atoms with Crippen molar-refractivity contribution >= 4 is 11.3 Å². The minimum absolute atomic E-state index is 0.142. The van der Waals surface area contributed by atoms with Crippen LogP contribution in [-0.2, 0) is 24.9 Å². The lowest BCUT2D eigenvalue weighted by Crippen LogP contribution is -2.24. The zero-order valence-corrected chi connectivity index (χ0v) is 14.8. The number of hydrogen-bond acceptors (Lipinski definition) is 4. The molecule has 0 aliphatic heterocycles. The largest absolute Gasteiger partial charge is 0.305 e. The van der Waals surface area contributed by atoms with Crippen LogP contribution < -0.4 is 5.32 Å². The lowest BCUT2D eigenvalue weighted by molar-refractivity contribution is 0.449. The van der Waals surface area contributed by atoms with Gasteiger partial charge in [0.25, 0.3) is 0 Å². The minimum Gasteiger partial charge on any atom is -0.305 e. The quantitative estimate of drug-likeness (QED) is 0.932. The first-order chi connectivity index (χ1) is 10.5. The molecule has 3 rings (SSSR count). The molecule has 4 nitrogen and oxygen atoms in total. The van der Waals surface area contributed by atoms with Gasteiger partial charge in [0.2, 0.25) is 0 Å². The van der Waals surface area contributed by atoms with E-state index >= 15 is 0 Å². The van der Waals surface area contributed by atoms with Crippen molar-refractivity contribution < 1.29 is 0 Å². The van der Waals surface area contributed by atoms with Gasteiger partial charge in [-0.1, -0.05) is 20.8 Å². The van der Waals surface area contributed by atoms with Crippen LogP contribution in [0, 0.1) is 0 Å². The number of aryl methyl sites for hydroxylation is 1. The summed E-state index contributed by atoms with van der Waals surface area (Å²) in [5, 5.41) is 9.45. The third-order valence-corrected chi connectivity index (χ3v) is 5.70. The van der Waals surface area contributed by atoms with Gasteiger partial charge in [0, 0.05) is 46.9 Å². The van der Waals surface area contributed by atoms with Gasteiger partial charge in [0.05, 0.1) is 11.2 Å². The molecule has 0 amide bonds. The maximum atomic E-state index is 4.57. The Hall–Kier alpha value is -1.20. The Bertz CT molecular complexity index is 635. The molecule has 22 heavy (non-hydrogen) atoms. The van der Waals surface area contributed by atoms with E-state index in [0.29, 0.717) is 6.04 Å². The second-order valence-corrected chi connectivity index (χ2v) is 8.19. The standard InChI is InChI=1S/C17H26N4S/c1-5-21-15-8-6-7-14(13(15)11-20-21)18-9-12-10-19-16(22-12)17(2,3)4/h10-11,14,18H,5-9H2,1-4H3/t14-/m1/s1. The van der Waals surface area contributed by atoms with E-state index in [9.17, 15) is 0 Å². The van der Waals surface area contributed by atoms with Crippen LogP contribution in [0.4, 0.5) is 0 Å². The number of fused-ring (bicyclic) bond motifs is 1. The molecule has 0 saturated heterocycles. The average Bonchev–Trinajstić information content (AvgIpc) is 3.11. The summed E-state index contributed by atoms with van der Waals surface area (Å²) in [7, 11) is 0. The van der Waals surface area contributed by atoms with Crippen molar-refractivity contribution in [2.75, 3.05) is 0 Å². The van der Waals surface area contributed by atoms with Gasteiger partial charge >= 0.3 is 0 Å². The van der Waals surface area contributed by atoms with Crippen LogP contribution in [0.5, 0.6) is 0 Å². The maximum absolute atomic E-state index is 4.57. The Morgan fingerprint density at radius 1 is 1.36 bits per heavy atom. The van der Waals surface area contributed by atoms with Gasteiger partial charge in [-0.15, -0.1) is 11.3 Å². The Balaban J connectivity index is 1.68. The number of nitrogens with one attached hydrogen (secondary N) is 1. The van der Waals surface area contributed by atoms with Crippen LogP contribution in [-0.4, -0.2) is 14.8 Å². The molecule has 0 saturated carbocycles.